The van der Waals surface area contributed by atoms with Crippen molar-refractivity contribution in [1.82, 2.24) is 9.97 Å². The van der Waals surface area contributed by atoms with E-state index in [0.29, 0.717) is 11.1 Å². The van der Waals surface area contributed by atoms with Crippen molar-refractivity contribution in [2.75, 3.05) is 30.4 Å². The van der Waals surface area contributed by atoms with Crippen molar-refractivity contribution in [3.05, 3.63) is 35.5 Å². The molecule has 1 aliphatic carbocycles. The molecule has 0 bridgehead atoms. The number of anilines is 2. The highest BCUT2D eigenvalue weighted by atomic mass is 35.5. The van der Waals surface area contributed by atoms with Crippen molar-refractivity contribution < 1.29 is 4.74 Å². The molecule has 0 spiro atoms. The predicted molar refractivity (Wildman–Crippen MR) is 127 cm³/mol. The number of pyridine rings is 2. The van der Waals surface area contributed by atoms with Gasteiger partial charge < -0.3 is 15.4 Å². The van der Waals surface area contributed by atoms with Crippen LogP contribution in [0.2, 0.25) is 5.02 Å². The van der Waals surface area contributed by atoms with Gasteiger partial charge in [-0.3, -0.25) is 0 Å². The van der Waals surface area contributed by atoms with E-state index < -0.39 is 0 Å². The number of aromatic nitrogens is 2. The third-order valence-electron chi connectivity index (χ3n) is 6.29. The molecule has 5 nitrogen and oxygen atoms in total. The second-order valence-corrected chi connectivity index (χ2v) is 8.97. The third-order valence-corrected chi connectivity index (χ3v) is 6.59. The van der Waals surface area contributed by atoms with Gasteiger partial charge in [-0.1, -0.05) is 42.9 Å². The van der Waals surface area contributed by atoms with E-state index in [-0.39, 0.29) is 5.41 Å². The fraction of sp³-hybridized carbons (Fsp3) is 0.520. The minimum absolute atomic E-state index is 0.0594. The van der Waals surface area contributed by atoms with Crippen molar-refractivity contribution in [2.45, 2.75) is 57.9 Å². The zero-order chi connectivity index (χ0) is 21.5. The van der Waals surface area contributed by atoms with Crippen molar-refractivity contribution in [3.8, 4) is 23.1 Å². The number of nitrogens with zero attached hydrogens (tertiary/aromatic N) is 2. The summed E-state index contributed by atoms with van der Waals surface area (Å²) in [5, 5.41) is 7.69. The molecule has 1 saturated heterocycles. The van der Waals surface area contributed by atoms with Crippen LogP contribution in [-0.2, 0) is 4.74 Å². The van der Waals surface area contributed by atoms with Crippen LogP contribution in [0.1, 0.15) is 51.9 Å². The number of rotatable bonds is 6. The standard InChI is InChI=1S/C25H31ClN4O/c1-2-11-25(12-14-31-15-13-25)18-28-23-10-6-9-22(30-23)20-16-24(27-17-21(20)26)29-19-7-4-3-5-8-19/h6,9-10,16-17,19H,3-5,7-8,12-15,18H2,1H3,(H,27,29)(H,28,30). The lowest BCUT2D eigenvalue weighted by molar-refractivity contribution is 0.0464. The Labute approximate surface area is 190 Å². The van der Waals surface area contributed by atoms with Crippen LogP contribution < -0.4 is 10.6 Å². The molecule has 0 amide bonds. The molecule has 31 heavy (non-hydrogen) atoms. The second-order valence-electron chi connectivity index (χ2n) is 8.56. The number of ether oxygens (including phenoxy) is 1. The zero-order valence-corrected chi connectivity index (χ0v) is 19.0. The first-order valence-electron chi connectivity index (χ1n) is 11.3. The summed E-state index contributed by atoms with van der Waals surface area (Å²) < 4.78 is 5.54. The molecular weight excluding hydrogens is 408 g/mol. The lowest BCUT2D eigenvalue weighted by Gasteiger charge is -2.32. The van der Waals surface area contributed by atoms with Crippen LogP contribution in [0.25, 0.3) is 11.3 Å². The molecule has 2 fully saturated rings. The smallest absolute Gasteiger partial charge is 0.126 e. The van der Waals surface area contributed by atoms with E-state index in [4.69, 9.17) is 21.3 Å². The Kier molecular flexibility index (Phi) is 7.32. The lowest BCUT2D eigenvalue weighted by Crippen LogP contribution is -2.35. The average molecular weight is 439 g/mol. The van der Waals surface area contributed by atoms with Gasteiger partial charge in [0.15, 0.2) is 0 Å². The molecule has 2 aliphatic rings. The highest BCUT2D eigenvalue weighted by Crippen LogP contribution is 2.32. The summed E-state index contributed by atoms with van der Waals surface area (Å²) in [6.07, 6.45) is 9.89. The fourth-order valence-electron chi connectivity index (χ4n) is 4.49. The molecule has 2 aromatic heterocycles. The minimum Gasteiger partial charge on any atom is -0.381 e. The highest BCUT2D eigenvalue weighted by molar-refractivity contribution is 6.33. The van der Waals surface area contributed by atoms with Gasteiger partial charge in [0.05, 0.1) is 16.1 Å². The van der Waals surface area contributed by atoms with Crippen LogP contribution in [0.3, 0.4) is 0 Å². The molecule has 2 N–H and O–H groups in total. The first-order chi connectivity index (χ1) is 15.2. The Morgan fingerprint density at radius 2 is 1.97 bits per heavy atom. The lowest BCUT2D eigenvalue weighted by atomic mass is 9.81. The van der Waals surface area contributed by atoms with Crippen molar-refractivity contribution in [3.63, 3.8) is 0 Å². The van der Waals surface area contributed by atoms with E-state index in [2.05, 4.69) is 27.5 Å². The van der Waals surface area contributed by atoms with Crippen LogP contribution >= 0.6 is 11.6 Å². The van der Waals surface area contributed by atoms with Gasteiger partial charge in [0.2, 0.25) is 0 Å². The summed E-state index contributed by atoms with van der Waals surface area (Å²) in [5.74, 6) is 8.21. The summed E-state index contributed by atoms with van der Waals surface area (Å²) >= 11 is 6.51. The Balaban J connectivity index is 1.49. The van der Waals surface area contributed by atoms with Gasteiger partial charge in [-0.15, -0.1) is 5.92 Å². The Morgan fingerprint density at radius 1 is 1.16 bits per heavy atom. The Hall–Kier alpha value is -2.29. The maximum Gasteiger partial charge on any atom is 0.126 e. The molecule has 4 rings (SSSR count). The van der Waals surface area contributed by atoms with Crippen LogP contribution in [0.5, 0.6) is 0 Å². The molecule has 6 heteroatoms. The van der Waals surface area contributed by atoms with E-state index in [0.717, 1.165) is 55.5 Å². The van der Waals surface area contributed by atoms with Gasteiger partial charge in [-0.05, 0) is 50.8 Å². The van der Waals surface area contributed by atoms with Crippen LogP contribution in [0.15, 0.2) is 30.5 Å². The molecule has 0 atom stereocenters. The van der Waals surface area contributed by atoms with E-state index in [1.165, 1.54) is 32.1 Å². The predicted octanol–water partition coefficient (Wildman–Crippen LogP) is 5.77. The van der Waals surface area contributed by atoms with Crippen molar-refractivity contribution in [1.29, 1.82) is 0 Å². The van der Waals surface area contributed by atoms with Gasteiger partial charge in [-0.25, -0.2) is 9.97 Å². The minimum atomic E-state index is -0.0594. The Bertz CT molecular complexity index is 940. The van der Waals surface area contributed by atoms with Crippen molar-refractivity contribution >= 4 is 23.2 Å². The average Bonchev–Trinajstić information content (AvgIpc) is 2.81. The molecule has 0 unspecified atom stereocenters. The van der Waals surface area contributed by atoms with Crippen LogP contribution in [0.4, 0.5) is 11.6 Å². The molecule has 0 radical (unpaired) electrons. The van der Waals surface area contributed by atoms with E-state index in [9.17, 15) is 0 Å². The van der Waals surface area contributed by atoms with E-state index >= 15 is 0 Å². The van der Waals surface area contributed by atoms with Crippen LogP contribution in [-0.4, -0.2) is 35.8 Å². The highest BCUT2D eigenvalue weighted by Gasteiger charge is 2.30. The van der Waals surface area contributed by atoms with Gasteiger partial charge in [0.1, 0.15) is 11.6 Å². The number of hydrogen-bond acceptors (Lipinski definition) is 5. The number of hydrogen-bond donors (Lipinski definition) is 2. The van der Waals surface area contributed by atoms with E-state index in [1.54, 1.807) is 6.20 Å². The molecular formula is C25H31ClN4O. The Morgan fingerprint density at radius 3 is 2.74 bits per heavy atom. The first kappa shape index (κ1) is 21.9. The molecule has 1 saturated carbocycles. The quantitative estimate of drug-likeness (QED) is 0.560. The van der Waals surface area contributed by atoms with E-state index in [1.807, 2.05) is 31.2 Å². The summed E-state index contributed by atoms with van der Waals surface area (Å²) in [6, 6.07) is 8.51. The second kappa shape index (κ2) is 10.3. The maximum atomic E-state index is 6.51. The first-order valence-corrected chi connectivity index (χ1v) is 11.7. The van der Waals surface area contributed by atoms with Gasteiger partial charge in [0, 0.05) is 37.6 Å². The summed E-state index contributed by atoms with van der Waals surface area (Å²) in [6.45, 7) is 4.17. The normalized spacial score (nSPS) is 18.6. The number of nitrogens with one attached hydrogen (secondary N) is 2. The molecule has 0 aromatic carbocycles. The van der Waals surface area contributed by atoms with Gasteiger partial charge >= 0.3 is 0 Å². The van der Waals surface area contributed by atoms with Gasteiger partial charge in [-0.2, -0.15) is 0 Å². The van der Waals surface area contributed by atoms with Gasteiger partial charge in [0.25, 0.3) is 0 Å². The summed E-state index contributed by atoms with van der Waals surface area (Å²) in [7, 11) is 0. The molecule has 164 valence electrons. The largest absolute Gasteiger partial charge is 0.381 e. The molecule has 1 aliphatic heterocycles. The summed E-state index contributed by atoms with van der Waals surface area (Å²) in [5.41, 5.74) is 1.68. The SMILES string of the molecule is CC#CC1(CNc2cccc(-c3cc(NC4CCCCC4)ncc3Cl)n2)CCOCC1. The van der Waals surface area contributed by atoms with Crippen molar-refractivity contribution in [2.24, 2.45) is 5.41 Å². The third kappa shape index (κ3) is 5.70. The zero-order valence-electron chi connectivity index (χ0n) is 18.2. The monoisotopic (exact) mass is 438 g/mol. The summed E-state index contributed by atoms with van der Waals surface area (Å²) in [4.78, 5) is 9.33. The maximum absolute atomic E-state index is 6.51. The van der Waals surface area contributed by atoms with Crippen LogP contribution in [0, 0.1) is 17.3 Å². The molecule has 3 heterocycles. The molecule has 2 aromatic rings. The fourth-order valence-corrected chi connectivity index (χ4v) is 4.69. The topological polar surface area (TPSA) is 59.1 Å². The number of halogens is 1.